The molecule has 0 saturated heterocycles. The molecule has 1 aromatic heterocycles. The molecule has 0 fully saturated rings. The summed E-state index contributed by atoms with van der Waals surface area (Å²) < 4.78 is 1.99. The van der Waals surface area contributed by atoms with E-state index in [9.17, 15) is 9.90 Å². The van der Waals surface area contributed by atoms with Gasteiger partial charge in [-0.1, -0.05) is 67.6 Å². The SMILES string of the molecule is CCC(O)Cn1cc(C(=O)c2cccc3ccccc23)c2ccccc21. The topological polar surface area (TPSA) is 42.2 Å². The Kier molecular flexibility index (Phi) is 4.31. The van der Waals surface area contributed by atoms with Crippen LogP contribution in [-0.4, -0.2) is 21.6 Å². The summed E-state index contributed by atoms with van der Waals surface area (Å²) in [6, 6.07) is 21.7. The van der Waals surface area contributed by atoms with E-state index in [4.69, 9.17) is 0 Å². The van der Waals surface area contributed by atoms with Crippen molar-refractivity contribution < 1.29 is 9.90 Å². The van der Waals surface area contributed by atoms with Crippen LogP contribution in [0, 0.1) is 0 Å². The molecule has 3 nitrogen and oxygen atoms in total. The first-order valence-electron chi connectivity index (χ1n) is 8.97. The van der Waals surface area contributed by atoms with E-state index in [-0.39, 0.29) is 5.78 Å². The minimum absolute atomic E-state index is 0.0164. The number of fused-ring (bicyclic) bond motifs is 2. The number of aliphatic hydroxyl groups is 1. The predicted octanol–water partition coefficient (Wildman–Crippen LogP) is 4.80. The molecule has 130 valence electrons. The van der Waals surface area contributed by atoms with Crippen molar-refractivity contribution in [1.82, 2.24) is 4.57 Å². The number of benzene rings is 3. The molecule has 0 saturated carbocycles. The van der Waals surface area contributed by atoms with Crippen molar-refractivity contribution in [3.8, 4) is 0 Å². The Balaban J connectivity index is 1.87. The van der Waals surface area contributed by atoms with Gasteiger partial charge in [-0.25, -0.2) is 0 Å². The highest BCUT2D eigenvalue weighted by Crippen LogP contribution is 2.27. The monoisotopic (exact) mass is 343 g/mol. The molecule has 0 radical (unpaired) electrons. The first kappa shape index (κ1) is 16.6. The largest absolute Gasteiger partial charge is 0.391 e. The maximum atomic E-state index is 13.4. The van der Waals surface area contributed by atoms with Gasteiger partial charge in [0.25, 0.3) is 0 Å². The van der Waals surface area contributed by atoms with Gasteiger partial charge in [0.1, 0.15) is 0 Å². The number of nitrogens with zero attached hydrogens (tertiary/aromatic N) is 1. The zero-order valence-corrected chi connectivity index (χ0v) is 14.7. The Labute approximate surface area is 152 Å². The van der Waals surface area contributed by atoms with Crippen molar-refractivity contribution in [2.45, 2.75) is 26.0 Å². The smallest absolute Gasteiger partial charge is 0.195 e. The van der Waals surface area contributed by atoms with Gasteiger partial charge in [0.05, 0.1) is 6.10 Å². The number of carbonyl (C=O) groups is 1. The van der Waals surface area contributed by atoms with Crippen molar-refractivity contribution in [3.05, 3.63) is 84.1 Å². The first-order chi connectivity index (χ1) is 12.7. The van der Waals surface area contributed by atoms with Gasteiger partial charge in [0.2, 0.25) is 0 Å². The normalized spacial score (nSPS) is 12.5. The van der Waals surface area contributed by atoms with Crippen molar-refractivity contribution in [1.29, 1.82) is 0 Å². The number of aromatic nitrogens is 1. The van der Waals surface area contributed by atoms with Crippen LogP contribution in [0.2, 0.25) is 0 Å². The molecular formula is C23H21NO2. The van der Waals surface area contributed by atoms with Gasteiger partial charge in [0.15, 0.2) is 5.78 Å². The molecule has 1 atom stereocenters. The maximum Gasteiger partial charge on any atom is 0.195 e. The highest BCUT2D eigenvalue weighted by Gasteiger charge is 2.19. The van der Waals surface area contributed by atoms with Crippen LogP contribution in [-0.2, 0) is 6.54 Å². The summed E-state index contributed by atoms with van der Waals surface area (Å²) in [7, 11) is 0. The molecule has 0 bridgehead atoms. The standard InChI is InChI=1S/C23H21NO2/c1-2-17(25)14-24-15-21(19-11-5-6-13-22(19)24)23(26)20-12-7-9-16-8-3-4-10-18(16)20/h3-13,15,17,25H,2,14H2,1H3. The van der Waals surface area contributed by atoms with Gasteiger partial charge in [-0.2, -0.15) is 0 Å². The van der Waals surface area contributed by atoms with Crippen LogP contribution < -0.4 is 0 Å². The lowest BCUT2D eigenvalue weighted by molar-refractivity contribution is 0.104. The van der Waals surface area contributed by atoms with Crippen LogP contribution in [0.25, 0.3) is 21.7 Å². The molecule has 3 heteroatoms. The number of aliphatic hydroxyl groups excluding tert-OH is 1. The first-order valence-corrected chi connectivity index (χ1v) is 8.97. The average Bonchev–Trinajstić information content (AvgIpc) is 3.05. The number of rotatable bonds is 5. The second kappa shape index (κ2) is 6.77. The lowest BCUT2D eigenvalue weighted by atomic mass is 9.97. The molecule has 0 amide bonds. The van der Waals surface area contributed by atoms with Gasteiger partial charge in [-0.15, -0.1) is 0 Å². The number of hydrogen-bond acceptors (Lipinski definition) is 2. The van der Waals surface area contributed by atoms with E-state index >= 15 is 0 Å². The van der Waals surface area contributed by atoms with Crippen LogP contribution in [0.1, 0.15) is 29.3 Å². The summed E-state index contributed by atoms with van der Waals surface area (Å²) >= 11 is 0. The van der Waals surface area contributed by atoms with Crippen LogP contribution in [0.15, 0.2) is 72.9 Å². The fourth-order valence-electron chi connectivity index (χ4n) is 3.50. The van der Waals surface area contributed by atoms with E-state index in [1.54, 1.807) is 0 Å². The minimum atomic E-state index is -0.425. The van der Waals surface area contributed by atoms with Crippen molar-refractivity contribution in [3.63, 3.8) is 0 Å². The number of para-hydroxylation sites is 1. The van der Waals surface area contributed by atoms with E-state index < -0.39 is 6.10 Å². The quantitative estimate of drug-likeness (QED) is 0.529. The molecule has 1 unspecified atom stereocenters. The number of carbonyl (C=O) groups excluding carboxylic acids is 1. The Bertz CT molecular complexity index is 1090. The van der Waals surface area contributed by atoms with Crippen molar-refractivity contribution in [2.24, 2.45) is 0 Å². The molecule has 3 aromatic carbocycles. The third kappa shape index (κ3) is 2.80. The highest BCUT2D eigenvalue weighted by atomic mass is 16.3. The summed E-state index contributed by atoms with van der Waals surface area (Å²) in [5, 5.41) is 13.0. The van der Waals surface area contributed by atoms with Crippen LogP contribution in [0.4, 0.5) is 0 Å². The molecule has 0 aliphatic carbocycles. The highest BCUT2D eigenvalue weighted by molar-refractivity contribution is 6.21. The zero-order valence-electron chi connectivity index (χ0n) is 14.7. The van der Waals surface area contributed by atoms with Gasteiger partial charge in [0, 0.05) is 34.8 Å². The van der Waals surface area contributed by atoms with Gasteiger partial charge in [-0.3, -0.25) is 4.79 Å². The van der Waals surface area contributed by atoms with Crippen LogP contribution >= 0.6 is 0 Å². The van der Waals surface area contributed by atoms with E-state index in [0.717, 1.165) is 21.7 Å². The molecule has 4 rings (SSSR count). The Morgan fingerprint density at radius 2 is 1.62 bits per heavy atom. The fraction of sp³-hybridized carbons (Fsp3) is 0.174. The van der Waals surface area contributed by atoms with Gasteiger partial charge < -0.3 is 9.67 Å². The van der Waals surface area contributed by atoms with Crippen LogP contribution in [0.3, 0.4) is 0 Å². The van der Waals surface area contributed by atoms with E-state index in [1.165, 1.54) is 0 Å². The van der Waals surface area contributed by atoms with Crippen molar-refractivity contribution >= 4 is 27.5 Å². The fourth-order valence-corrected chi connectivity index (χ4v) is 3.50. The Morgan fingerprint density at radius 1 is 0.923 bits per heavy atom. The maximum absolute atomic E-state index is 13.4. The summed E-state index contributed by atoms with van der Waals surface area (Å²) in [6.07, 6.45) is 2.14. The molecule has 26 heavy (non-hydrogen) atoms. The molecule has 1 N–H and O–H groups in total. The molecule has 1 heterocycles. The Hall–Kier alpha value is -2.91. The van der Waals surface area contributed by atoms with E-state index in [0.29, 0.717) is 24.1 Å². The summed E-state index contributed by atoms with van der Waals surface area (Å²) in [5.41, 5.74) is 2.37. The summed E-state index contributed by atoms with van der Waals surface area (Å²) in [5.74, 6) is 0.0164. The second-order valence-electron chi connectivity index (χ2n) is 6.63. The van der Waals surface area contributed by atoms with Gasteiger partial charge >= 0.3 is 0 Å². The predicted molar refractivity (Wildman–Crippen MR) is 106 cm³/mol. The number of hydrogen-bond donors (Lipinski definition) is 1. The van der Waals surface area contributed by atoms with E-state index in [2.05, 4.69) is 0 Å². The Morgan fingerprint density at radius 3 is 2.42 bits per heavy atom. The molecule has 0 aliphatic rings. The van der Waals surface area contributed by atoms with Gasteiger partial charge in [-0.05, 0) is 23.3 Å². The average molecular weight is 343 g/mol. The molecule has 0 spiro atoms. The second-order valence-corrected chi connectivity index (χ2v) is 6.63. The number of ketones is 1. The van der Waals surface area contributed by atoms with E-state index in [1.807, 2.05) is 84.4 Å². The lowest BCUT2D eigenvalue weighted by Crippen LogP contribution is -2.13. The summed E-state index contributed by atoms with van der Waals surface area (Å²) in [4.78, 5) is 13.4. The van der Waals surface area contributed by atoms with Crippen molar-refractivity contribution in [2.75, 3.05) is 0 Å². The molecule has 0 aliphatic heterocycles. The lowest BCUT2D eigenvalue weighted by Gasteiger charge is -2.10. The zero-order chi connectivity index (χ0) is 18.1. The minimum Gasteiger partial charge on any atom is -0.391 e. The molecule has 4 aromatic rings. The third-order valence-corrected chi connectivity index (χ3v) is 4.95. The third-order valence-electron chi connectivity index (χ3n) is 4.95. The van der Waals surface area contributed by atoms with Crippen LogP contribution in [0.5, 0.6) is 0 Å². The summed E-state index contributed by atoms with van der Waals surface area (Å²) in [6.45, 7) is 2.44. The molecular weight excluding hydrogens is 322 g/mol.